The lowest BCUT2D eigenvalue weighted by molar-refractivity contribution is -0.139. The smallest absolute Gasteiger partial charge is 0.303 e. The van der Waals surface area contributed by atoms with Crippen molar-refractivity contribution in [3.63, 3.8) is 0 Å². The van der Waals surface area contributed by atoms with Crippen LogP contribution in [0, 0.1) is 0 Å². The molecule has 3 nitrogen and oxygen atoms in total. The Morgan fingerprint density at radius 2 is 2.18 bits per heavy atom. The molecule has 0 unspecified atom stereocenters. The van der Waals surface area contributed by atoms with Gasteiger partial charge in [-0.05, 0) is 18.2 Å². The van der Waals surface area contributed by atoms with Crippen molar-refractivity contribution in [1.82, 2.24) is 0 Å². The Balaban J connectivity index is 2.90. The summed E-state index contributed by atoms with van der Waals surface area (Å²) in [5, 5.41) is 8.45. The fourth-order valence-electron chi connectivity index (χ4n) is 1.30. The van der Waals surface area contributed by atoms with Gasteiger partial charge in [0.25, 0.3) is 5.92 Å². The highest BCUT2D eigenvalue weighted by Gasteiger charge is 2.32. The Morgan fingerprint density at radius 1 is 1.53 bits per heavy atom. The highest BCUT2D eigenvalue weighted by atomic mass is 35.5. The predicted octanol–water partition coefficient (Wildman–Crippen LogP) is 3.31. The molecular formula is C11H11ClF2O3. The molecule has 0 aliphatic carbocycles. The summed E-state index contributed by atoms with van der Waals surface area (Å²) >= 11 is 5.72. The second-order valence-corrected chi connectivity index (χ2v) is 3.85. The van der Waals surface area contributed by atoms with E-state index in [2.05, 4.69) is 0 Å². The van der Waals surface area contributed by atoms with Crippen LogP contribution in [0.3, 0.4) is 0 Å². The Hall–Kier alpha value is -1.36. The van der Waals surface area contributed by atoms with Gasteiger partial charge < -0.3 is 9.84 Å². The molecule has 0 fully saturated rings. The van der Waals surface area contributed by atoms with Crippen LogP contribution in [0.1, 0.15) is 18.4 Å². The molecule has 0 heterocycles. The molecule has 0 bridgehead atoms. The van der Waals surface area contributed by atoms with Gasteiger partial charge in [0.1, 0.15) is 5.75 Å². The average molecular weight is 265 g/mol. The van der Waals surface area contributed by atoms with Gasteiger partial charge in [-0.3, -0.25) is 4.79 Å². The molecule has 0 atom stereocenters. The van der Waals surface area contributed by atoms with E-state index in [4.69, 9.17) is 21.4 Å². The minimum Gasteiger partial charge on any atom is -0.495 e. The summed E-state index contributed by atoms with van der Waals surface area (Å²) in [7, 11) is 1.38. The van der Waals surface area contributed by atoms with Crippen molar-refractivity contribution in [1.29, 1.82) is 0 Å². The van der Waals surface area contributed by atoms with Crippen molar-refractivity contribution in [3.8, 4) is 5.75 Å². The molecule has 6 heteroatoms. The van der Waals surface area contributed by atoms with E-state index in [1.54, 1.807) is 0 Å². The predicted molar refractivity (Wildman–Crippen MR) is 58.8 cm³/mol. The number of alkyl halides is 2. The van der Waals surface area contributed by atoms with Crippen LogP contribution >= 0.6 is 11.6 Å². The second kappa shape index (κ2) is 5.31. The van der Waals surface area contributed by atoms with Gasteiger partial charge in [-0.2, -0.15) is 0 Å². The first-order chi connectivity index (χ1) is 7.86. The standard InChI is InChI=1S/C11H11ClF2O3/c1-17-9-3-2-7(6-8(9)12)11(13,14)5-4-10(15)16/h2-3,6H,4-5H2,1H3,(H,15,16). The third-order valence-corrected chi connectivity index (χ3v) is 2.52. The van der Waals surface area contributed by atoms with Crippen molar-refractivity contribution < 1.29 is 23.4 Å². The third-order valence-electron chi connectivity index (χ3n) is 2.23. The van der Waals surface area contributed by atoms with E-state index >= 15 is 0 Å². The number of carboxylic acids is 1. The van der Waals surface area contributed by atoms with Gasteiger partial charge in [-0.25, -0.2) is 8.78 Å². The van der Waals surface area contributed by atoms with Gasteiger partial charge >= 0.3 is 5.97 Å². The fraction of sp³-hybridized carbons (Fsp3) is 0.364. The summed E-state index contributed by atoms with van der Waals surface area (Å²) in [6.45, 7) is 0. The minimum absolute atomic E-state index is 0.0694. The summed E-state index contributed by atoms with van der Waals surface area (Å²) in [5.41, 5.74) is -0.315. The van der Waals surface area contributed by atoms with Crippen LogP contribution in [0.2, 0.25) is 5.02 Å². The van der Waals surface area contributed by atoms with Crippen LogP contribution in [0.25, 0.3) is 0 Å². The number of hydrogen-bond acceptors (Lipinski definition) is 2. The van der Waals surface area contributed by atoms with Crippen LogP contribution < -0.4 is 4.74 Å². The van der Waals surface area contributed by atoms with Gasteiger partial charge in [0.15, 0.2) is 0 Å². The molecule has 0 spiro atoms. The molecule has 17 heavy (non-hydrogen) atoms. The number of carboxylic acid groups (broad SMARTS) is 1. The van der Waals surface area contributed by atoms with Gasteiger partial charge in [0.05, 0.1) is 18.6 Å². The van der Waals surface area contributed by atoms with E-state index < -0.39 is 24.7 Å². The van der Waals surface area contributed by atoms with E-state index in [0.29, 0.717) is 5.75 Å². The molecule has 0 saturated heterocycles. The Morgan fingerprint density at radius 3 is 2.65 bits per heavy atom. The number of rotatable bonds is 5. The van der Waals surface area contributed by atoms with Crippen LogP contribution in [0.5, 0.6) is 5.75 Å². The highest BCUT2D eigenvalue weighted by molar-refractivity contribution is 6.32. The van der Waals surface area contributed by atoms with Crippen molar-refractivity contribution in [3.05, 3.63) is 28.8 Å². The average Bonchev–Trinajstić information content (AvgIpc) is 2.26. The maximum Gasteiger partial charge on any atom is 0.303 e. The molecule has 1 N–H and O–H groups in total. The summed E-state index contributed by atoms with van der Waals surface area (Å²) < 4.78 is 32.0. The van der Waals surface area contributed by atoms with Crippen LogP contribution in [0.15, 0.2) is 18.2 Å². The molecule has 94 valence electrons. The zero-order valence-corrected chi connectivity index (χ0v) is 9.80. The van der Waals surface area contributed by atoms with Crippen LogP contribution in [0.4, 0.5) is 8.78 Å². The Kier molecular flexibility index (Phi) is 4.28. The number of carbonyl (C=O) groups is 1. The normalized spacial score (nSPS) is 11.3. The van der Waals surface area contributed by atoms with Crippen molar-refractivity contribution >= 4 is 17.6 Å². The van der Waals surface area contributed by atoms with E-state index in [1.165, 1.54) is 19.2 Å². The summed E-state index contributed by atoms with van der Waals surface area (Å²) in [5.74, 6) is -4.18. The molecular weight excluding hydrogens is 254 g/mol. The van der Waals surface area contributed by atoms with Crippen LogP contribution in [-0.2, 0) is 10.7 Å². The van der Waals surface area contributed by atoms with Gasteiger partial charge in [-0.1, -0.05) is 11.6 Å². The third kappa shape index (κ3) is 3.56. The van der Waals surface area contributed by atoms with E-state index in [9.17, 15) is 13.6 Å². The molecule has 0 aliphatic rings. The Labute approximate surface area is 102 Å². The molecule has 0 amide bonds. The lowest BCUT2D eigenvalue weighted by atomic mass is 10.0. The number of aliphatic carboxylic acids is 1. The summed E-state index contributed by atoms with van der Waals surface area (Å²) in [4.78, 5) is 10.3. The number of halogens is 3. The number of benzene rings is 1. The van der Waals surface area contributed by atoms with Crippen molar-refractivity contribution in [2.45, 2.75) is 18.8 Å². The Bertz CT molecular complexity index is 421. The lowest BCUT2D eigenvalue weighted by Crippen LogP contribution is -2.15. The molecule has 1 rings (SSSR count). The van der Waals surface area contributed by atoms with Crippen molar-refractivity contribution in [2.75, 3.05) is 7.11 Å². The molecule has 0 radical (unpaired) electrons. The first-order valence-corrected chi connectivity index (χ1v) is 5.18. The molecule has 1 aromatic rings. The monoisotopic (exact) mass is 264 g/mol. The van der Waals surface area contributed by atoms with E-state index in [0.717, 1.165) is 6.07 Å². The number of methoxy groups -OCH3 is 1. The maximum absolute atomic E-state index is 13.6. The first-order valence-electron chi connectivity index (χ1n) is 4.80. The topological polar surface area (TPSA) is 46.5 Å². The van der Waals surface area contributed by atoms with Gasteiger partial charge in [0.2, 0.25) is 0 Å². The fourth-order valence-corrected chi connectivity index (χ4v) is 1.56. The molecule has 0 aliphatic heterocycles. The maximum atomic E-state index is 13.6. The number of hydrogen-bond donors (Lipinski definition) is 1. The quantitative estimate of drug-likeness (QED) is 0.887. The lowest BCUT2D eigenvalue weighted by Gasteiger charge is -2.16. The summed E-state index contributed by atoms with van der Waals surface area (Å²) in [6.07, 6.45) is -1.36. The number of ether oxygens (including phenoxy) is 1. The highest BCUT2D eigenvalue weighted by Crippen LogP contribution is 2.36. The molecule has 1 aromatic carbocycles. The molecule has 0 aromatic heterocycles. The van der Waals surface area contributed by atoms with Crippen LogP contribution in [-0.4, -0.2) is 18.2 Å². The van der Waals surface area contributed by atoms with Crippen molar-refractivity contribution in [2.24, 2.45) is 0 Å². The zero-order valence-electron chi connectivity index (χ0n) is 9.04. The minimum atomic E-state index is -3.21. The zero-order chi connectivity index (χ0) is 13.1. The second-order valence-electron chi connectivity index (χ2n) is 3.45. The SMILES string of the molecule is COc1ccc(C(F)(F)CCC(=O)O)cc1Cl. The summed E-state index contributed by atoms with van der Waals surface area (Å²) in [6, 6.07) is 3.58. The van der Waals surface area contributed by atoms with Gasteiger partial charge in [-0.15, -0.1) is 0 Å². The van der Waals surface area contributed by atoms with Gasteiger partial charge in [0, 0.05) is 12.0 Å². The van der Waals surface area contributed by atoms with E-state index in [1.807, 2.05) is 0 Å². The molecule has 0 saturated carbocycles. The largest absolute Gasteiger partial charge is 0.495 e. The van der Waals surface area contributed by atoms with E-state index in [-0.39, 0.29) is 10.6 Å². The first kappa shape index (κ1) is 13.7.